The maximum Gasteiger partial charge on any atom is 0.273 e. The molecule has 1 heterocycles. The number of amides is 2. The third-order valence-corrected chi connectivity index (χ3v) is 6.26. The summed E-state index contributed by atoms with van der Waals surface area (Å²) in [4.78, 5) is 26.3. The summed E-state index contributed by atoms with van der Waals surface area (Å²) in [6.45, 7) is 6.11. The van der Waals surface area contributed by atoms with Crippen molar-refractivity contribution in [1.29, 1.82) is 0 Å². The highest BCUT2D eigenvalue weighted by Gasteiger charge is 2.35. The van der Waals surface area contributed by atoms with Crippen LogP contribution in [-0.4, -0.2) is 33.7 Å². The van der Waals surface area contributed by atoms with E-state index in [1.165, 1.54) is 12.1 Å². The normalized spacial score (nSPS) is 15.2. The molecule has 2 N–H and O–H groups in total. The van der Waals surface area contributed by atoms with Crippen LogP contribution in [0.25, 0.3) is 10.9 Å². The molecule has 0 radical (unpaired) electrons. The lowest BCUT2D eigenvalue weighted by Gasteiger charge is -2.34. The third-order valence-electron chi connectivity index (χ3n) is 6.03. The van der Waals surface area contributed by atoms with Crippen molar-refractivity contribution in [3.63, 3.8) is 0 Å². The van der Waals surface area contributed by atoms with Crippen LogP contribution in [0.2, 0.25) is 5.02 Å². The minimum absolute atomic E-state index is 0.175. The maximum atomic E-state index is 13.4. The lowest BCUT2D eigenvalue weighted by Crippen LogP contribution is -2.56. The lowest BCUT2D eigenvalue weighted by atomic mass is 9.85. The molecule has 174 valence electrons. The van der Waals surface area contributed by atoms with Crippen LogP contribution < -0.4 is 10.6 Å². The molecule has 1 fully saturated rings. The van der Waals surface area contributed by atoms with Gasteiger partial charge in [0, 0.05) is 16.5 Å². The standard InChI is InChI=1S/C25H28ClFN4O2/c1-25(2,3)22(24(33)28-18-5-4-6-18)29-23(32)21-19-13-16(26)9-12-20(19)31(30-21)14-15-7-10-17(27)11-8-15/h7-13,18,22H,4-6,14H2,1-3H3,(H,28,33)(H,29,32)/t22-/m1/s1. The van der Waals surface area contributed by atoms with Gasteiger partial charge in [-0.3, -0.25) is 14.3 Å². The number of benzene rings is 2. The fourth-order valence-corrected chi connectivity index (χ4v) is 4.09. The predicted octanol–water partition coefficient (Wildman–Crippen LogP) is 4.69. The molecule has 6 nitrogen and oxygen atoms in total. The average Bonchev–Trinajstić information content (AvgIpc) is 3.07. The Bertz CT molecular complexity index is 1180. The van der Waals surface area contributed by atoms with E-state index in [-0.39, 0.29) is 23.5 Å². The predicted molar refractivity (Wildman–Crippen MR) is 127 cm³/mol. The average molecular weight is 471 g/mol. The van der Waals surface area contributed by atoms with Crippen molar-refractivity contribution >= 4 is 34.3 Å². The molecule has 3 aromatic rings. The largest absolute Gasteiger partial charge is 0.352 e. The first-order chi connectivity index (χ1) is 15.6. The minimum atomic E-state index is -0.720. The van der Waals surface area contributed by atoms with E-state index in [1.54, 1.807) is 35.0 Å². The van der Waals surface area contributed by atoms with Crippen LogP contribution in [-0.2, 0) is 11.3 Å². The highest BCUT2D eigenvalue weighted by Crippen LogP contribution is 2.26. The van der Waals surface area contributed by atoms with E-state index in [2.05, 4.69) is 15.7 Å². The van der Waals surface area contributed by atoms with Crippen LogP contribution in [0.15, 0.2) is 42.5 Å². The first kappa shape index (κ1) is 23.2. The van der Waals surface area contributed by atoms with Gasteiger partial charge in [-0.15, -0.1) is 0 Å². The number of rotatable bonds is 6. The molecule has 0 bridgehead atoms. The quantitative estimate of drug-likeness (QED) is 0.548. The SMILES string of the molecule is CC(C)(C)[C@H](NC(=O)c1nn(Cc2ccc(F)cc2)c2ccc(Cl)cc12)C(=O)NC1CCC1. The Hall–Kier alpha value is -2.93. The molecular weight excluding hydrogens is 443 g/mol. The number of carbonyl (C=O) groups excluding carboxylic acids is 2. The summed E-state index contributed by atoms with van der Waals surface area (Å²) in [5.41, 5.74) is 1.27. The highest BCUT2D eigenvalue weighted by atomic mass is 35.5. The van der Waals surface area contributed by atoms with E-state index in [1.807, 2.05) is 20.8 Å². The van der Waals surface area contributed by atoms with Crippen molar-refractivity contribution in [2.45, 2.75) is 58.7 Å². The van der Waals surface area contributed by atoms with Crippen molar-refractivity contribution in [1.82, 2.24) is 20.4 Å². The fraction of sp³-hybridized carbons (Fsp3) is 0.400. The van der Waals surface area contributed by atoms with Gasteiger partial charge in [-0.2, -0.15) is 5.10 Å². The van der Waals surface area contributed by atoms with E-state index in [4.69, 9.17) is 11.6 Å². The van der Waals surface area contributed by atoms with E-state index in [0.717, 1.165) is 30.3 Å². The molecule has 1 atom stereocenters. The van der Waals surface area contributed by atoms with Gasteiger partial charge in [-0.1, -0.05) is 44.5 Å². The number of halogens is 2. The Morgan fingerprint density at radius 3 is 2.48 bits per heavy atom. The summed E-state index contributed by atoms with van der Waals surface area (Å²) in [6, 6.07) is 10.8. The Balaban J connectivity index is 1.64. The van der Waals surface area contributed by atoms with Gasteiger partial charge in [0.25, 0.3) is 5.91 Å². The van der Waals surface area contributed by atoms with Crippen molar-refractivity contribution < 1.29 is 14.0 Å². The van der Waals surface area contributed by atoms with Crippen LogP contribution in [0.5, 0.6) is 0 Å². The highest BCUT2D eigenvalue weighted by molar-refractivity contribution is 6.31. The van der Waals surface area contributed by atoms with Gasteiger partial charge in [0.2, 0.25) is 5.91 Å². The van der Waals surface area contributed by atoms with Gasteiger partial charge < -0.3 is 10.6 Å². The summed E-state index contributed by atoms with van der Waals surface area (Å²) < 4.78 is 15.0. The molecule has 0 saturated heterocycles. The fourth-order valence-electron chi connectivity index (χ4n) is 3.91. The number of aromatic nitrogens is 2. The number of carbonyl (C=O) groups is 2. The topological polar surface area (TPSA) is 76.0 Å². The Labute approximate surface area is 197 Å². The smallest absolute Gasteiger partial charge is 0.273 e. The van der Waals surface area contributed by atoms with Gasteiger partial charge in [-0.25, -0.2) is 4.39 Å². The van der Waals surface area contributed by atoms with Crippen LogP contribution in [0.3, 0.4) is 0 Å². The summed E-state index contributed by atoms with van der Waals surface area (Å²) >= 11 is 6.22. The first-order valence-electron chi connectivity index (χ1n) is 11.1. The molecule has 33 heavy (non-hydrogen) atoms. The second-order valence-corrected chi connectivity index (χ2v) is 10.1. The third kappa shape index (κ3) is 5.19. The summed E-state index contributed by atoms with van der Waals surface area (Å²) in [5, 5.41) is 11.6. The van der Waals surface area contributed by atoms with Gasteiger partial charge in [0.05, 0.1) is 12.1 Å². The van der Waals surface area contributed by atoms with E-state index in [0.29, 0.717) is 17.0 Å². The molecule has 1 aliphatic carbocycles. The second kappa shape index (κ2) is 9.14. The number of nitrogens with zero attached hydrogens (tertiary/aromatic N) is 2. The first-order valence-corrected chi connectivity index (χ1v) is 11.5. The lowest BCUT2D eigenvalue weighted by molar-refractivity contribution is -0.126. The van der Waals surface area contributed by atoms with E-state index >= 15 is 0 Å². The Morgan fingerprint density at radius 2 is 1.88 bits per heavy atom. The monoisotopic (exact) mass is 470 g/mol. The number of hydrogen-bond donors (Lipinski definition) is 2. The zero-order valence-corrected chi connectivity index (χ0v) is 19.7. The molecule has 0 unspecified atom stereocenters. The summed E-state index contributed by atoms with van der Waals surface area (Å²) in [5.74, 6) is -0.943. The van der Waals surface area contributed by atoms with Crippen molar-refractivity contribution in [3.05, 3.63) is 64.6 Å². The van der Waals surface area contributed by atoms with Crippen LogP contribution in [0.4, 0.5) is 4.39 Å². The van der Waals surface area contributed by atoms with E-state index in [9.17, 15) is 14.0 Å². The zero-order valence-electron chi connectivity index (χ0n) is 19.0. The van der Waals surface area contributed by atoms with Crippen molar-refractivity contribution in [2.24, 2.45) is 5.41 Å². The molecular formula is C25H28ClFN4O2. The number of hydrogen-bond acceptors (Lipinski definition) is 3. The molecule has 0 spiro atoms. The van der Waals surface area contributed by atoms with Gasteiger partial charge in [-0.05, 0) is 60.6 Å². The number of nitrogens with one attached hydrogen (secondary N) is 2. The van der Waals surface area contributed by atoms with Crippen LogP contribution >= 0.6 is 11.6 Å². The van der Waals surface area contributed by atoms with Crippen LogP contribution in [0, 0.1) is 11.2 Å². The molecule has 1 aromatic heterocycles. The van der Waals surface area contributed by atoms with Gasteiger partial charge in [0.15, 0.2) is 5.69 Å². The molecule has 2 aromatic carbocycles. The van der Waals surface area contributed by atoms with Gasteiger partial charge in [0.1, 0.15) is 11.9 Å². The van der Waals surface area contributed by atoms with Gasteiger partial charge >= 0.3 is 0 Å². The molecule has 4 rings (SSSR count). The van der Waals surface area contributed by atoms with Crippen molar-refractivity contribution in [2.75, 3.05) is 0 Å². The molecule has 1 aliphatic rings. The van der Waals surface area contributed by atoms with Crippen molar-refractivity contribution in [3.8, 4) is 0 Å². The molecule has 8 heteroatoms. The summed E-state index contributed by atoms with van der Waals surface area (Å²) in [6.07, 6.45) is 3.04. The van der Waals surface area contributed by atoms with Crippen LogP contribution in [0.1, 0.15) is 56.1 Å². The minimum Gasteiger partial charge on any atom is -0.352 e. The molecule has 1 saturated carbocycles. The summed E-state index contributed by atoms with van der Waals surface area (Å²) in [7, 11) is 0. The second-order valence-electron chi connectivity index (χ2n) is 9.70. The molecule has 2 amide bonds. The molecule has 0 aliphatic heterocycles. The zero-order chi connectivity index (χ0) is 23.8. The number of fused-ring (bicyclic) bond motifs is 1. The Morgan fingerprint density at radius 1 is 1.18 bits per heavy atom. The Kier molecular flexibility index (Phi) is 6.43. The maximum absolute atomic E-state index is 13.4. The van der Waals surface area contributed by atoms with E-state index < -0.39 is 17.4 Å².